The number of carbonyl (C=O) groups is 1. The van der Waals surface area contributed by atoms with Crippen LogP contribution in [0.4, 0.5) is 0 Å². The molecule has 0 bridgehead atoms. The first kappa shape index (κ1) is 15.4. The minimum atomic E-state index is -3.55. The van der Waals surface area contributed by atoms with Gasteiger partial charge in [-0.05, 0) is 24.7 Å². The third-order valence-corrected chi connectivity index (χ3v) is 5.35. The van der Waals surface area contributed by atoms with Crippen molar-refractivity contribution in [3.63, 3.8) is 0 Å². The molecular formula is C12H23NO4S. The number of hydrogen-bond acceptors (Lipinski definition) is 3. The Hall–Kier alpha value is -0.620. The molecule has 6 heteroatoms. The van der Waals surface area contributed by atoms with Gasteiger partial charge in [0.25, 0.3) is 0 Å². The maximum absolute atomic E-state index is 12.0. The van der Waals surface area contributed by atoms with Crippen LogP contribution in [0.1, 0.15) is 46.5 Å². The highest BCUT2D eigenvalue weighted by molar-refractivity contribution is 7.89. The van der Waals surface area contributed by atoms with Gasteiger partial charge in [-0.15, -0.1) is 0 Å². The van der Waals surface area contributed by atoms with Crippen molar-refractivity contribution in [2.45, 2.75) is 52.0 Å². The summed E-state index contributed by atoms with van der Waals surface area (Å²) in [7, 11) is -3.55. The Morgan fingerprint density at radius 3 is 2.50 bits per heavy atom. The molecule has 5 nitrogen and oxygen atoms in total. The smallest absolute Gasteiger partial charge is 0.325 e. The van der Waals surface area contributed by atoms with E-state index in [1.165, 1.54) is 0 Å². The summed E-state index contributed by atoms with van der Waals surface area (Å²) >= 11 is 0. The Balaban J connectivity index is 2.96. The maximum Gasteiger partial charge on any atom is 0.325 e. The molecule has 0 spiro atoms. The van der Waals surface area contributed by atoms with Gasteiger partial charge in [-0.3, -0.25) is 4.79 Å². The molecule has 0 aliphatic heterocycles. The molecular weight excluding hydrogens is 254 g/mol. The first-order chi connectivity index (χ1) is 8.19. The Bertz CT molecular complexity index is 404. The normalized spacial score (nSPS) is 29.4. The fourth-order valence-corrected chi connectivity index (χ4v) is 4.52. The largest absolute Gasteiger partial charge is 0.480 e. The maximum atomic E-state index is 12.0. The Labute approximate surface area is 109 Å². The SMILES string of the molecule is CC(C)CS(=O)(=O)NC1(C(=O)O)CCCCC1C. The van der Waals surface area contributed by atoms with Gasteiger partial charge in [-0.25, -0.2) is 8.42 Å². The number of hydrogen-bond donors (Lipinski definition) is 2. The van der Waals surface area contributed by atoms with Crippen LogP contribution in [0.3, 0.4) is 0 Å². The molecule has 1 fully saturated rings. The second-order valence-corrected chi connectivity index (χ2v) is 7.47. The van der Waals surface area contributed by atoms with Gasteiger partial charge in [-0.1, -0.05) is 33.6 Å². The van der Waals surface area contributed by atoms with Gasteiger partial charge < -0.3 is 5.11 Å². The van der Waals surface area contributed by atoms with Gasteiger partial charge in [0.1, 0.15) is 5.54 Å². The number of nitrogens with one attached hydrogen (secondary N) is 1. The van der Waals surface area contributed by atoms with E-state index in [1.807, 2.05) is 6.92 Å². The summed E-state index contributed by atoms with van der Waals surface area (Å²) in [5.41, 5.74) is -1.31. The zero-order valence-electron chi connectivity index (χ0n) is 11.3. The van der Waals surface area contributed by atoms with E-state index in [0.29, 0.717) is 6.42 Å². The fraction of sp³-hybridized carbons (Fsp3) is 0.917. The molecule has 1 saturated carbocycles. The van der Waals surface area contributed by atoms with Crippen molar-refractivity contribution < 1.29 is 18.3 Å². The third-order valence-electron chi connectivity index (χ3n) is 3.57. The van der Waals surface area contributed by atoms with Crippen LogP contribution in [0.2, 0.25) is 0 Å². The summed E-state index contributed by atoms with van der Waals surface area (Å²) < 4.78 is 26.4. The van der Waals surface area contributed by atoms with Crippen LogP contribution in [0.5, 0.6) is 0 Å². The molecule has 0 saturated heterocycles. The second kappa shape index (κ2) is 5.57. The zero-order chi connectivity index (χ0) is 14.0. The highest BCUT2D eigenvalue weighted by atomic mass is 32.2. The van der Waals surface area contributed by atoms with Crippen LogP contribution >= 0.6 is 0 Å². The van der Waals surface area contributed by atoms with E-state index in [2.05, 4.69) is 4.72 Å². The lowest BCUT2D eigenvalue weighted by Crippen LogP contribution is -2.60. The van der Waals surface area contributed by atoms with E-state index in [-0.39, 0.29) is 17.6 Å². The minimum Gasteiger partial charge on any atom is -0.480 e. The fourth-order valence-electron chi connectivity index (χ4n) is 2.62. The molecule has 0 aromatic rings. The van der Waals surface area contributed by atoms with Crippen molar-refractivity contribution in [1.82, 2.24) is 4.72 Å². The van der Waals surface area contributed by atoms with Crippen molar-refractivity contribution in [3.05, 3.63) is 0 Å². The van der Waals surface area contributed by atoms with E-state index < -0.39 is 21.5 Å². The molecule has 0 amide bonds. The summed E-state index contributed by atoms with van der Waals surface area (Å²) in [6, 6.07) is 0. The predicted molar refractivity (Wildman–Crippen MR) is 69.8 cm³/mol. The first-order valence-electron chi connectivity index (χ1n) is 6.44. The van der Waals surface area contributed by atoms with Gasteiger partial charge in [0, 0.05) is 0 Å². The van der Waals surface area contributed by atoms with Crippen LogP contribution < -0.4 is 4.72 Å². The number of sulfonamides is 1. The van der Waals surface area contributed by atoms with Crippen molar-refractivity contribution in [1.29, 1.82) is 0 Å². The predicted octanol–water partition coefficient (Wildman–Crippen LogP) is 1.60. The lowest BCUT2D eigenvalue weighted by Gasteiger charge is -2.39. The number of carboxylic acids is 1. The average Bonchev–Trinajstić information content (AvgIpc) is 2.18. The second-order valence-electron chi connectivity index (χ2n) is 5.70. The summed E-state index contributed by atoms with van der Waals surface area (Å²) in [6.45, 7) is 5.42. The summed E-state index contributed by atoms with van der Waals surface area (Å²) in [5, 5.41) is 9.43. The topological polar surface area (TPSA) is 83.5 Å². The quantitative estimate of drug-likeness (QED) is 0.799. The summed E-state index contributed by atoms with van der Waals surface area (Å²) in [4.78, 5) is 11.5. The molecule has 1 rings (SSSR count). The van der Waals surface area contributed by atoms with E-state index >= 15 is 0 Å². The molecule has 1 aliphatic rings. The van der Waals surface area contributed by atoms with Crippen LogP contribution in [-0.2, 0) is 14.8 Å². The van der Waals surface area contributed by atoms with Gasteiger partial charge in [-0.2, -0.15) is 4.72 Å². The lowest BCUT2D eigenvalue weighted by atomic mass is 9.74. The van der Waals surface area contributed by atoms with Crippen molar-refractivity contribution in [2.24, 2.45) is 11.8 Å². The summed E-state index contributed by atoms with van der Waals surface area (Å²) in [6.07, 6.45) is 2.83. The van der Waals surface area contributed by atoms with E-state index in [9.17, 15) is 18.3 Å². The molecule has 0 heterocycles. The van der Waals surface area contributed by atoms with Crippen molar-refractivity contribution in [3.8, 4) is 0 Å². The van der Waals surface area contributed by atoms with Gasteiger partial charge in [0.2, 0.25) is 10.0 Å². The molecule has 1 aliphatic carbocycles. The number of aliphatic carboxylic acids is 1. The molecule has 2 unspecified atom stereocenters. The van der Waals surface area contributed by atoms with Gasteiger partial charge >= 0.3 is 5.97 Å². The standard InChI is InChI=1S/C12H23NO4S/c1-9(2)8-18(16,17)13-12(11(14)15)7-5-4-6-10(12)3/h9-10,13H,4-8H2,1-3H3,(H,14,15). The highest BCUT2D eigenvalue weighted by Gasteiger charge is 2.47. The van der Waals surface area contributed by atoms with Crippen LogP contribution in [-0.4, -0.2) is 30.8 Å². The van der Waals surface area contributed by atoms with Crippen molar-refractivity contribution in [2.75, 3.05) is 5.75 Å². The molecule has 0 radical (unpaired) electrons. The minimum absolute atomic E-state index is 0.0211. The van der Waals surface area contributed by atoms with Crippen molar-refractivity contribution >= 4 is 16.0 Å². The zero-order valence-corrected chi connectivity index (χ0v) is 12.1. The Morgan fingerprint density at radius 1 is 1.44 bits per heavy atom. The molecule has 2 N–H and O–H groups in total. The molecule has 18 heavy (non-hydrogen) atoms. The molecule has 0 aromatic heterocycles. The third kappa shape index (κ3) is 3.45. The molecule has 106 valence electrons. The van der Waals surface area contributed by atoms with Crippen LogP contribution in [0.15, 0.2) is 0 Å². The van der Waals surface area contributed by atoms with E-state index in [4.69, 9.17) is 0 Å². The van der Waals surface area contributed by atoms with Crippen LogP contribution in [0.25, 0.3) is 0 Å². The van der Waals surface area contributed by atoms with E-state index in [0.717, 1.165) is 19.3 Å². The van der Waals surface area contributed by atoms with E-state index in [1.54, 1.807) is 13.8 Å². The van der Waals surface area contributed by atoms with Crippen LogP contribution in [0, 0.1) is 11.8 Å². The molecule has 2 atom stereocenters. The Kier molecular flexibility index (Phi) is 4.78. The number of carboxylic acid groups (broad SMARTS) is 1. The Morgan fingerprint density at radius 2 is 2.06 bits per heavy atom. The monoisotopic (exact) mass is 277 g/mol. The average molecular weight is 277 g/mol. The molecule has 0 aromatic carbocycles. The summed E-state index contributed by atoms with van der Waals surface area (Å²) in [5.74, 6) is -1.28. The first-order valence-corrected chi connectivity index (χ1v) is 8.10. The number of rotatable bonds is 5. The lowest BCUT2D eigenvalue weighted by molar-refractivity contribution is -0.147. The highest BCUT2D eigenvalue weighted by Crippen LogP contribution is 2.34. The van der Waals surface area contributed by atoms with Gasteiger partial charge in [0.05, 0.1) is 5.75 Å². The van der Waals surface area contributed by atoms with Gasteiger partial charge in [0.15, 0.2) is 0 Å².